The Bertz CT molecular complexity index is 2820. The van der Waals surface area contributed by atoms with Crippen LogP contribution in [0.15, 0.2) is 179 Å². The second kappa shape index (κ2) is 11.0. The fourth-order valence-electron chi connectivity index (χ4n) is 9.65. The lowest BCUT2D eigenvalue weighted by molar-refractivity contribution is 0.353. The van der Waals surface area contributed by atoms with Gasteiger partial charge in [0, 0.05) is 42.8 Å². The minimum Gasteiger partial charge on any atom is -0.458 e. The minimum atomic E-state index is -0.934. The molecule has 2 aliphatic heterocycles. The molecule has 4 aromatic heterocycles. The summed E-state index contributed by atoms with van der Waals surface area (Å²) in [7, 11) is 0. The summed E-state index contributed by atoms with van der Waals surface area (Å²) in [6.45, 7) is 0. The standard InChI is InChI=1S/C50H28O4S2/c1-11-23-43-29(13-1)25-45(55-43)41-27-35-47(53-41)50(33-17-5-9-21-39(33)52-40-22-10-6-18-34(40)50)36-28-42(46-26-30-14-2-12-24-44(30)56-46)54-48(36)49(35)31-15-3-7-19-37(31)51-38-20-8-4-16-32(38)49/h1-28H. The van der Waals surface area contributed by atoms with Gasteiger partial charge < -0.3 is 18.3 Å². The van der Waals surface area contributed by atoms with E-state index < -0.39 is 10.8 Å². The maximum absolute atomic E-state index is 7.58. The minimum absolute atomic E-state index is 0.788. The van der Waals surface area contributed by atoms with Crippen LogP contribution in [0.25, 0.3) is 41.4 Å². The average molecular weight is 757 g/mol. The van der Waals surface area contributed by atoms with Crippen LogP contribution >= 0.6 is 22.7 Å². The van der Waals surface area contributed by atoms with E-state index in [2.05, 4.69) is 146 Å². The van der Waals surface area contributed by atoms with Crippen LogP contribution in [0.2, 0.25) is 0 Å². The van der Waals surface area contributed by atoms with E-state index in [9.17, 15) is 0 Å². The highest BCUT2D eigenvalue weighted by Gasteiger charge is 2.63. The molecular weight excluding hydrogens is 729 g/mol. The average Bonchev–Trinajstić information content (AvgIpc) is 4.07. The van der Waals surface area contributed by atoms with E-state index in [0.29, 0.717) is 0 Å². The summed E-state index contributed by atoms with van der Waals surface area (Å²) >= 11 is 3.50. The molecular formula is C50H28O4S2. The number of hydrogen-bond acceptors (Lipinski definition) is 6. The number of hydrogen-bond donors (Lipinski definition) is 0. The Morgan fingerprint density at radius 1 is 0.339 bits per heavy atom. The van der Waals surface area contributed by atoms with Crippen LogP contribution in [0, 0.1) is 0 Å². The Labute approximate surface area is 329 Å². The van der Waals surface area contributed by atoms with Gasteiger partial charge in [0.05, 0.1) is 9.75 Å². The summed E-state index contributed by atoms with van der Waals surface area (Å²) < 4.78 is 31.1. The second-order valence-corrected chi connectivity index (χ2v) is 16.9. The van der Waals surface area contributed by atoms with Crippen LogP contribution in [0.3, 0.4) is 0 Å². The number of benzene rings is 6. The molecule has 0 bridgehead atoms. The van der Waals surface area contributed by atoms with E-state index in [1.165, 1.54) is 20.2 Å². The molecule has 0 fully saturated rings. The monoisotopic (exact) mass is 756 g/mol. The number of para-hydroxylation sites is 4. The van der Waals surface area contributed by atoms with Gasteiger partial charge in [-0.05, 0) is 71.4 Å². The molecule has 4 nitrogen and oxygen atoms in total. The molecule has 0 N–H and O–H groups in total. The van der Waals surface area contributed by atoms with Gasteiger partial charge in [-0.25, -0.2) is 0 Å². The second-order valence-electron chi connectivity index (χ2n) is 14.7. The van der Waals surface area contributed by atoms with Gasteiger partial charge in [0.1, 0.15) is 56.9 Å². The third kappa shape index (κ3) is 3.82. The number of furan rings is 2. The van der Waals surface area contributed by atoms with Crippen LogP contribution in [0.4, 0.5) is 0 Å². The Morgan fingerprint density at radius 3 is 1.05 bits per heavy atom. The predicted octanol–water partition coefficient (Wildman–Crippen LogP) is 13.9. The Balaban J connectivity index is 1.24. The lowest BCUT2D eigenvalue weighted by Gasteiger charge is -2.48. The van der Waals surface area contributed by atoms with Gasteiger partial charge in [-0.2, -0.15) is 0 Å². The lowest BCUT2D eigenvalue weighted by Crippen LogP contribution is -2.46. The van der Waals surface area contributed by atoms with Crippen molar-refractivity contribution in [2.75, 3.05) is 0 Å². The fourth-order valence-corrected chi connectivity index (χ4v) is 11.7. The molecule has 0 radical (unpaired) electrons. The van der Waals surface area contributed by atoms with Gasteiger partial charge in [-0.1, -0.05) is 109 Å². The maximum Gasteiger partial charge on any atom is 0.144 e. The quantitative estimate of drug-likeness (QED) is 0.176. The highest BCUT2D eigenvalue weighted by atomic mass is 32.1. The van der Waals surface area contributed by atoms with Crippen LogP contribution < -0.4 is 9.47 Å². The van der Waals surface area contributed by atoms with Crippen molar-refractivity contribution in [1.29, 1.82) is 0 Å². The molecule has 0 amide bonds. The summed E-state index contributed by atoms with van der Waals surface area (Å²) in [4.78, 5) is 2.13. The third-order valence-corrected chi connectivity index (χ3v) is 14.2. The van der Waals surface area contributed by atoms with Crippen molar-refractivity contribution in [3.05, 3.63) is 215 Å². The Hall–Kier alpha value is -6.60. The Morgan fingerprint density at radius 2 is 0.679 bits per heavy atom. The third-order valence-electron chi connectivity index (χ3n) is 11.9. The van der Waals surface area contributed by atoms with Crippen molar-refractivity contribution < 1.29 is 18.3 Å². The first kappa shape index (κ1) is 30.7. The van der Waals surface area contributed by atoms with E-state index >= 15 is 0 Å². The topological polar surface area (TPSA) is 44.7 Å². The van der Waals surface area contributed by atoms with Crippen LogP contribution in [0.1, 0.15) is 44.9 Å². The summed E-state index contributed by atoms with van der Waals surface area (Å²) in [6, 6.07) is 59.7. The fraction of sp³-hybridized carbons (Fsp3) is 0.0400. The van der Waals surface area contributed by atoms with Crippen LogP contribution in [0.5, 0.6) is 23.0 Å². The number of fused-ring (bicyclic) bond motifs is 16. The molecule has 0 saturated heterocycles. The molecule has 6 aromatic carbocycles. The highest BCUT2D eigenvalue weighted by molar-refractivity contribution is 7.22. The molecule has 0 atom stereocenters. The van der Waals surface area contributed by atoms with Crippen molar-refractivity contribution in [3.63, 3.8) is 0 Å². The lowest BCUT2D eigenvalue weighted by atomic mass is 9.53. The summed E-state index contributed by atoms with van der Waals surface area (Å²) in [5.41, 5.74) is 4.19. The van der Waals surface area contributed by atoms with E-state index in [0.717, 1.165) is 89.2 Å². The van der Waals surface area contributed by atoms with E-state index in [1.807, 2.05) is 24.3 Å². The summed E-state index contributed by atoms with van der Waals surface area (Å²) in [5, 5.41) is 2.38. The van der Waals surface area contributed by atoms with Crippen molar-refractivity contribution in [3.8, 4) is 44.3 Å². The zero-order valence-electron chi connectivity index (χ0n) is 29.6. The molecule has 56 heavy (non-hydrogen) atoms. The van der Waals surface area contributed by atoms with Crippen LogP contribution in [-0.2, 0) is 10.8 Å². The molecule has 3 aliphatic rings. The first-order valence-electron chi connectivity index (χ1n) is 18.7. The zero-order chi connectivity index (χ0) is 36.6. The van der Waals surface area contributed by atoms with Gasteiger partial charge >= 0.3 is 0 Å². The molecule has 1 aliphatic carbocycles. The molecule has 6 heterocycles. The predicted molar refractivity (Wildman–Crippen MR) is 223 cm³/mol. The zero-order valence-corrected chi connectivity index (χ0v) is 31.2. The molecule has 0 unspecified atom stereocenters. The number of thiophene rings is 2. The molecule has 13 rings (SSSR count). The molecule has 6 heteroatoms. The highest BCUT2D eigenvalue weighted by Crippen LogP contribution is 2.68. The van der Waals surface area contributed by atoms with Crippen molar-refractivity contribution in [2.45, 2.75) is 10.8 Å². The number of ether oxygens (including phenoxy) is 2. The first-order valence-corrected chi connectivity index (χ1v) is 20.4. The normalized spacial score (nSPS) is 15.0. The molecule has 2 spiro atoms. The summed E-state index contributed by atoms with van der Waals surface area (Å²) in [6.07, 6.45) is 0. The van der Waals surface area contributed by atoms with Crippen molar-refractivity contribution in [2.24, 2.45) is 0 Å². The molecule has 0 saturated carbocycles. The summed E-state index contributed by atoms with van der Waals surface area (Å²) in [5.74, 6) is 6.46. The van der Waals surface area contributed by atoms with Crippen molar-refractivity contribution in [1.82, 2.24) is 0 Å². The maximum atomic E-state index is 7.58. The first-order chi connectivity index (χ1) is 27.7. The van der Waals surface area contributed by atoms with Gasteiger partial charge in [-0.3, -0.25) is 0 Å². The Kier molecular flexibility index (Phi) is 6.03. The van der Waals surface area contributed by atoms with Gasteiger partial charge in [-0.15, -0.1) is 22.7 Å². The van der Waals surface area contributed by atoms with Gasteiger partial charge in [0.15, 0.2) is 0 Å². The van der Waals surface area contributed by atoms with Gasteiger partial charge in [0.2, 0.25) is 0 Å². The largest absolute Gasteiger partial charge is 0.458 e. The molecule has 10 aromatic rings. The SMILES string of the molecule is c1ccc2c(c1)Oc1ccccc1C21c2cc(-c3cc4ccccc4s3)oc2C2(c3ccccc3Oc3ccccc32)c2cc(-c3cc4ccccc4s3)oc21. The van der Waals surface area contributed by atoms with Crippen LogP contribution in [-0.4, -0.2) is 0 Å². The van der Waals surface area contributed by atoms with E-state index in [4.69, 9.17) is 18.3 Å². The molecule has 264 valence electrons. The smallest absolute Gasteiger partial charge is 0.144 e. The van der Waals surface area contributed by atoms with E-state index in [-0.39, 0.29) is 0 Å². The van der Waals surface area contributed by atoms with Gasteiger partial charge in [0.25, 0.3) is 0 Å². The van der Waals surface area contributed by atoms with E-state index in [1.54, 1.807) is 22.7 Å². The number of rotatable bonds is 2. The van der Waals surface area contributed by atoms with Crippen molar-refractivity contribution >= 4 is 42.8 Å².